The molecule has 0 N–H and O–H groups in total. The molecule has 10 heteroatoms. The Balaban J connectivity index is 2.26. The summed E-state index contributed by atoms with van der Waals surface area (Å²) < 4.78 is 53.1. The van der Waals surface area contributed by atoms with Crippen molar-refractivity contribution in [2.24, 2.45) is 4.40 Å². The van der Waals surface area contributed by atoms with E-state index in [1.54, 1.807) is 20.8 Å². The average molecular weight is 333 g/mol. The Morgan fingerprint density at radius 1 is 1.36 bits per heavy atom. The SMILES string of the molecule is CC(C)(C)[S@@](=O)N=Cc1cc2nnn(CC(F)(F)F)c2cn1. The Morgan fingerprint density at radius 2 is 2.05 bits per heavy atom. The van der Waals surface area contributed by atoms with E-state index in [1.165, 1.54) is 18.5 Å². The fourth-order valence-corrected chi connectivity index (χ4v) is 2.02. The Morgan fingerprint density at radius 3 is 2.64 bits per heavy atom. The molecule has 0 aliphatic rings. The van der Waals surface area contributed by atoms with E-state index in [-0.39, 0.29) is 11.0 Å². The van der Waals surface area contributed by atoms with Gasteiger partial charge < -0.3 is 0 Å². The van der Waals surface area contributed by atoms with Crippen LogP contribution < -0.4 is 0 Å². The van der Waals surface area contributed by atoms with Gasteiger partial charge in [-0.2, -0.15) is 17.6 Å². The normalized spacial score (nSPS) is 14.8. The van der Waals surface area contributed by atoms with Crippen molar-refractivity contribution < 1.29 is 17.4 Å². The fraction of sp³-hybridized carbons (Fsp3) is 0.500. The first kappa shape index (κ1) is 16.5. The lowest BCUT2D eigenvalue weighted by Crippen LogP contribution is -2.19. The molecule has 120 valence electrons. The molecule has 0 unspecified atom stereocenters. The average Bonchev–Trinajstić information content (AvgIpc) is 2.75. The van der Waals surface area contributed by atoms with Gasteiger partial charge in [-0.1, -0.05) is 5.21 Å². The molecule has 0 fully saturated rings. The molecule has 0 aliphatic carbocycles. The Labute approximate surface area is 127 Å². The van der Waals surface area contributed by atoms with Gasteiger partial charge in [0.2, 0.25) is 0 Å². The summed E-state index contributed by atoms with van der Waals surface area (Å²) in [5, 5.41) is 7.13. The minimum absolute atomic E-state index is 0.173. The van der Waals surface area contributed by atoms with Crippen LogP contribution >= 0.6 is 0 Å². The van der Waals surface area contributed by atoms with Crippen LogP contribution in [-0.4, -0.2) is 41.3 Å². The second-order valence-electron chi connectivity index (χ2n) is 5.56. The lowest BCUT2D eigenvalue weighted by molar-refractivity contribution is -0.142. The highest BCUT2D eigenvalue weighted by atomic mass is 32.2. The van der Waals surface area contributed by atoms with Gasteiger partial charge in [-0.05, 0) is 26.8 Å². The third-order valence-corrected chi connectivity index (χ3v) is 3.90. The summed E-state index contributed by atoms with van der Waals surface area (Å²) in [6.07, 6.45) is -1.84. The van der Waals surface area contributed by atoms with Gasteiger partial charge in [0.1, 0.15) is 28.6 Å². The van der Waals surface area contributed by atoms with E-state index in [4.69, 9.17) is 0 Å². The van der Waals surface area contributed by atoms with Crippen LogP contribution in [0, 0.1) is 0 Å². The van der Waals surface area contributed by atoms with Crippen molar-refractivity contribution in [3.05, 3.63) is 18.0 Å². The molecule has 0 radical (unpaired) electrons. The maximum absolute atomic E-state index is 12.4. The molecule has 22 heavy (non-hydrogen) atoms. The van der Waals surface area contributed by atoms with Crippen molar-refractivity contribution in [2.75, 3.05) is 0 Å². The van der Waals surface area contributed by atoms with Crippen LogP contribution in [0.25, 0.3) is 11.0 Å². The Hall–Kier alpha value is -1.84. The van der Waals surface area contributed by atoms with E-state index in [1.807, 2.05) is 0 Å². The molecule has 2 heterocycles. The summed E-state index contributed by atoms with van der Waals surface area (Å²) in [6.45, 7) is 4.10. The zero-order chi connectivity index (χ0) is 16.5. The molecule has 0 aromatic carbocycles. The monoisotopic (exact) mass is 333 g/mol. The van der Waals surface area contributed by atoms with E-state index in [9.17, 15) is 17.4 Å². The number of halogens is 3. The predicted molar refractivity (Wildman–Crippen MR) is 76.9 cm³/mol. The summed E-state index contributed by atoms with van der Waals surface area (Å²) in [5.74, 6) is 0. The van der Waals surface area contributed by atoms with Crippen molar-refractivity contribution in [1.82, 2.24) is 20.0 Å². The molecule has 0 amide bonds. The summed E-state index contributed by atoms with van der Waals surface area (Å²) in [4.78, 5) is 3.97. The van der Waals surface area contributed by atoms with Crippen molar-refractivity contribution in [2.45, 2.75) is 38.2 Å². The number of hydrogen-bond donors (Lipinski definition) is 0. The summed E-state index contributed by atoms with van der Waals surface area (Å²) in [6, 6.07) is 1.44. The Kier molecular flexibility index (Phi) is 4.32. The fourth-order valence-electron chi connectivity index (χ4n) is 1.50. The molecular formula is C12H14F3N5OS. The van der Waals surface area contributed by atoms with Crippen LogP contribution in [-0.2, 0) is 17.5 Å². The van der Waals surface area contributed by atoms with Crippen molar-refractivity contribution in [3.8, 4) is 0 Å². The summed E-state index contributed by atoms with van der Waals surface area (Å²) in [7, 11) is -1.44. The molecule has 0 spiro atoms. The van der Waals surface area contributed by atoms with Gasteiger partial charge in [-0.25, -0.2) is 8.89 Å². The molecule has 6 nitrogen and oxygen atoms in total. The van der Waals surface area contributed by atoms with Gasteiger partial charge >= 0.3 is 6.18 Å². The lowest BCUT2D eigenvalue weighted by Gasteiger charge is -2.12. The molecule has 0 saturated heterocycles. The molecule has 2 aromatic rings. The zero-order valence-corrected chi connectivity index (χ0v) is 12.9. The van der Waals surface area contributed by atoms with Gasteiger partial charge in [0.15, 0.2) is 0 Å². The molecular weight excluding hydrogens is 319 g/mol. The number of alkyl halides is 3. The first-order valence-corrected chi connectivity index (χ1v) is 7.39. The highest BCUT2D eigenvalue weighted by Gasteiger charge is 2.29. The van der Waals surface area contributed by atoms with Crippen LogP contribution in [0.5, 0.6) is 0 Å². The summed E-state index contributed by atoms with van der Waals surface area (Å²) >= 11 is 0. The van der Waals surface area contributed by atoms with Crippen LogP contribution in [0.15, 0.2) is 16.7 Å². The second kappa shape index (κ2) is 5.75. The van der Waals surface area contributed by atoms with Crippen molar-refractivity contribution in [3.63, 3.8) is 0 Å². The Bertz CT molecular complexity index is 732. The number of nitrogens with zero attached hydrogens (tertiary/aromatic N) is 5. The maximum atomic E-state index is 12.4. The van der Waals surface area contributed by atoms with E-state index < -0.39 is 28.5 Å². The van der Waals surface area contributed by atoms with Gasteiger partial charge in [-0.15, -0.1) is 5.10 Å². The maximum Gasteiger partial charge on any atom is 0.408 e. The number of aromatic nitrogens is 4. The topological polar surface area (TPSA) is 73.0 Å². The van der Waals surface area contributed by atoms with Crippen LogP contribution in [0.2, 0.25) is 0 Å². The van der Waals surface area contributed by atoms with E-state index in [2.05, 4.69) is 19.7 Å². The lowest BCUT2D eigenvalue weighted by atomic mass is 10.3. The van der Waals surface area contributed by atoms with E-state index >= 15 is 0 Å². The van der Waals surface area contributed by atoms with E-state index in [0.717, 1.165) is 4.68 Å². The highest BCUT2D eigenvalue weighted by Crippen LogP contribution is 2.20. The first-order valence-electron chi connectivity index (χ1n) is 6.28. The van der Waals surface area contributed by atoms with Crippen LogP contribution in [0.3, 0.4) is 0 Å². The third-order valence-electron chi connectivity index (χ3n) is 2.56. The second-order valence-corrected chi connectivity index (χ2v) is 7.49. The molecule has 0 aliphatic heterocycles. The van der Waals surface area contributed by atoms with Crippen LogP contribution in [0.1, 0.15) is 26.5 Å². The minimum atomic E-state index is -4.38. The number of fused-ring (bicyclic) bond motifs is 1. The molecule has 0 bridgehead atoms. The van der Waals surface area contributed by atoms with Gasteiger partial charge in [0.05, 0.1) is 22.9 Å². The van der Waals surface area contributed by atoms with Gasteiger partial charge in [0.25, 0.3) is 0 Å². The van der Waals surface area contributed by atoms with Gasteiger partial charge in [-0.3, -0.25) is 4.98 Å². The molecule has 2 rings (SSSR count). The zero-order valence-electron chi connectivity index (χ0n) is 12.1. The van der Waals surface area contributed by atoms with Crippen LogP contribution in [0.4, 0.5) is 13.2 Å². The predicted octanol–water partition coefficient (Wildman–Crippen LogP) is 2.27. The van der Waals surface area contributed by atoms with Crippen molar-refractivity contribution >= 4 is 28.2 Å². The smallest absolute Gasteiger partial charge is 0.253 e. The largest absolute Gasteiger partial charge is 0.408 e. The van der Waals surface area contributed by atoms with Gasteiger partial charge in [0, 0.05) is 0 Å². The quantitative estimate of drug-likeness (QED) is 0.808. The third kappa shape index (κ3) is 4.09. The molecule has 1 atom stereocenters. The van der Waals surface area contributed by atoms with Crippen molar-refractivity contribution in [1.29, 1.82) is 0 Å². The first-order chi connectivity index (χ1) is 10.1. The standard InChI is InChI=1S/C12H14F3N5OS/c1-11(2,3)22(21)17-5-8-4-9-10(6-16-8)20(19-18-9)7-12(13,14)15/h4-6H,7H2,1-3H3/t22-/m1/s1. The molecule has 0 saturated carbocycles. The number of hydrogen-bond acceptors (Lipinski definition) is 4. The molecule has 2 aromatic heterocycles. The summed E-state index contributed by atoms with van der Waals surface area (Å²) in [5.41, 5.74) is 0.790. The number of pyridine rings is 1. The highest BCUT2D eigenvalue weighted by molar-refractivity contribution is 7.85. The number of rotatable bonds is 3. The van der Waals surface area contributed by atoms with E-state index in [0.29, 0.717) is 5.69 Å². The minimum Gasteiger partial charge on any atom is -0.253 e.